The first-order valence-corrected chi connectivity index (χ1v) is 6.17. The van der Waals surface area contributed by atoms with Gasteiger partial charge >= 0.3 is 5.97 Å². The number of nitrogens with zero attached hydrogens (tertiary/aromatic N) is 2. The fourth-order valence-corrected chi connectivity index (χ4v) is 1.86. The third kappa shape index (κ3) is 3.83. The van der Waals surface area contributed by atoms with Crippen LogP contribution in [0.25, 0.3) is 0 Å². The Bertz CT molecular complexity index is 628. The van der Waals surface area contributed by atoms with E-state index in [1.54, 1.807) is 18.5 Å². The quantitative estimate of drug-likeness (QED) is 0.621. The van der Waals surface area contributed by atoms with E-state index in [9.17, 15) is 20.0 Å². The number of nitrogens with one attached hydrogen (secondary N) is 1. The fourth-order valence-electron chi connectivity index (χ4n) is 1.86. The number of carbonyl (C=O) groups is 1. The summed E-state index contributed by atoms with van der Waals surface area (Å²) in [6, 6.07) is 8.10. The molecule has 0 spiro atoms. The SMILES string of the molecule is O=C(O)C(NCc1cccnc1)c1ccc([N+](=O)[O-])cc1. The fraction of sp³-hybridized carbons (Fsp3) is 0.143. The number of aliphatic carboxylic acids is 1. The van der Waals surface area contributed by atoms with Gasteiger partial charge in [0.2, 0.25) is 0 Å². The number of non-ortho nitro benzene ring substituents is 1. The van der Waals surface area contributed by atoms with Crippen molar-refractivity contribution in [3.63, 3.8) is 0 Å². The second-order valence-electron chi connectivity index (χ2n) is 4.36. The van der Waals surface area contributed by atoms with Crippen LogP contribution in [0.3, 0.4) is 0 Å². The van der Waals surface area contributed by atoms with Crippen LogP contribution in [0.15, 0.2) is 48.8 Å². The number of benzene rings is 1. The van der Waals surface area contributed by atoms with E-state index in [2.05, 4.69) is 10.3 Å². The van der Waals surface area contributed by atoms with Crippen molar-refractivity contribution in [1.82, 2.24) is 10.3 Å². The van der Waals surface area contributed by atoms with Crippen LogP contribution in [0.2, 0.25) is 0 Å². The van der Waals surface area contributed by atoms with Gasteiger partial charge in [-0.25, -0.2) is 0 Å². The minimum atomic E-state index is -1.05. The maximum absolute atomic E-state index is 11.3. The molecule has 2 N–H and O–H groups in total. The smallest absolute Gasteiger partial charge is 0.325 e. The Kier molecular flexibility index (Phi) is 4.57. The normalized spacial score (nSPS) is 11.8. The second kappa shape index (κ2) is 6.58. The number of hydrogen-bond donors (Lipinski definition) is 2. The summed E-state index contributed by atoms with van der Waals surface area (Å²) >= 11 is 0. The van der Waals surface area contributed by atoms with Crippen LogP contribution >= 0.6 is 0 Å². The topological polar surface area (TPSA) is 105 Å². The van der Waals surface area contributed by atoms with Gasteiger partial charge in [0.05, 0.1) is 4.92 Å². The molecule has 7 nitrogen and oxygen atoms in total. The molecule has 0 aliphatic rings. The highest BCUT2D eigenvalue weighted by Crippen LogP contribution is 2.18. The Balaban J connectivity index is 2.11. The molecule has 7 heteroatoms. The summed E-state index contributed by atoms with van der Waals surface area (Å²) < 4.78 is 0. The van der Waals surface area contributed by atoms with Gasteiger partial charge in [0.25, 0.3) is 5.69 Å². The number of rotatable bonds is 6. The molecule has 0 aliphatic carbocycles. The molecule has 0 radical (unpaired) electrons. The van der Waals surface area contributed by atoms with Crippen molar-refractivity contribution in [2.45, 2.75) is 12.6 Å². The molecule has 2 aromatic rings. The summed E-state index contributed by atoms with van der Waals surface area (Å²) in [5.41, 5.74) is 1.23. The summed E-state index contributed by atoms with van der Waals surface area (Å²) in [6.07, 6.45) is 3.27. The van der Waals surface area contributed by atoms with E-state index in [0.717, 1.165) is 5.56 Å². The van der Waals surface area contributed by atoms with Gasteiger partial charge in [0.1, 0.15) is 6.04 Å². The molecular weight excluding hydrogens is 274 g/mol. The first-order chi connectivity index (χ1) is 10.1. The summed E-state index contributed by atoms with van der Waals surface area (Å²) in [6.45, 7) is 0.335. The Labute approximate surface area is 120 Å². The molecule has 0 saturated heterocycles. The Morgan fingerprint density at radius 2 is 2.05 bits per heavy atom. The lowest BCUT2D eigenvalue weighted by Gasteiger charge is -2.14. The second-order valence-corrected chi connectivity index (χ2v) is 4.36. The zero-order chi connectivity index (χ0) is 15.2. The molecule has 0 fully saturated rings. The van der Waals surface area contributed by atoms with Gasteiger partial charge in [-0.1, -0.05) is 18.2 Å². The van der Waals surface area contributed by atoms with Gasteiger partial charge in [-0.05, 0) is 17.2 Å². The van der Waals surface area contributed by atoms with Crippen LogP contribution in [0.4, 0.5) is 5.69 Å². The lowest BCUT2D eigenvalue weighted by molar-refractivity contribution is -0.384. The predicted octanol–water partition coefficient (Wildman–Crippen LogP) is 1.91. The highest BCUT2D eigenvalue weighted by Gasteiger charge is 2.20. The Hall–Kier alpha value is -2.80. The largest absolute Gasteiger partial charge is 0.480 e. The van der Waals surface area contributed by atoms with Crippen molar-refractivity contribution >= 4 is 11.7 Å². The van der Waals surface area contributed by atoms with E-state index in [0.29, 0.717) is 12.1 Å². The Morgan fingerprint density at radius 3 is 2.57 bits per heavy atom. The van der Waals surface area contributed by atoms with Crippen molar-refractivity contribution in [3.8, 4) is 0 Å². The molecule has 21 heavy (non-hydrogen) atoms. The third-order valence-electron chi connectivity index (χ3n) is 2.92. The first kappa shape index (κ1) is 14.6. The van der Waals surface area contributed by atoms with Crippen molar-refractivity contribution in [2.24, 2.45) is 0 Å². The molecular formula is C14H13N3O4. The lowest BCUT2D eigenvalue weighted by atomic mass is 10.1. The number of carboxylic acid groups (broad SMARTS) is 1. The third-order valence-corrected chi connectivity index (χ3v) is 2.92. The van der Waals surface area contributed by atoms with E-state index < -0.39 is 16.9 Å². The molecule has 1 aromatic carbocycles. The highest BCUT2D eigenvalue weighted by molar-refractivity contribution is 5.75. The number of carboxylic acids is 1. The summed E-state index contributed by atoms with van der Waals surface area (Å²) in [5, 5.41) is 22.8. The minimum absolute atomic E-state index is 0.0739. The van der Waals surface area contributed by atoms with E-state index in [4.69, 9.17) is 0 Å². The zero-order valence-corrected chi connectivity index (χ0v) is 11.0. The number of pyridine rings is 1. The molecule has 0 saturated carbocycles. The highest BCUT2D eigenvalue weighted by atomic mass is 16.6. The maximum atomic E-state index is 11.3. The van der Waals surface area contributed by atoms with Crippen molar-refractivity contribution in [1.29, 1.82) is 0 Å². The molecule has 0 aliphatic heterocycles. The van der Waals surface area contributed by atoms with Gasteiger partial charge < -0.3 is 5.11 Å². The monoisotopic (exact) mass is 287 g/mol. The van der Waals surface area contributed by atoms with Gasteiger partial charge in [-0.2, -0.15) is 0 Å². The molecule has 1 atom stereocenters. The number of nitro benzene ring substituents is 1. The number of hydrogen-bond acceptors (Lipinski definition) is 5. The molecule has 1 unspecified atom stereocenters. The van der Waals surface area contributed by atoms with Gasteiger partial charge in [-0.3, -0.25) is 25.2 Å². The first-order valence-electron chi connectivity index (χ1n) is 6.17. The van der Waals surface area contributed by atoms with E-state index in [-0.39, 0.29) is 5.69 Å². The molecule has 1 aromatic heterocycles. The maximum Gasteiger partial charge on any atom is 0.325 e. The summed E-state index contributed by atoms with van der Waals surface area (Å²) in [5.74, 6) is -1.05. The number of nitro groups is 1. The predicted molar refractivity (Wildman–Crippen MR) is 74.5 cm³/mol. The minimum Gasteiger partial charge on any atom is -0.480 e. The van der Waals surface area contributed by atoms with Crippen LogP contribution < -0.4 is 5.32 Å². The molecule has 0 bridgehead atoms. The van der Waals surface area contributed by atoms with Gasteiger partial charge in [-0.15, -0.1) is 0 Å². The summed E-state index contributed by atoms with van der Waals surface area (Å²) in [4.78, 5) is 25.3. The van der Waals surface area contributed by atoms with Crippen LogP contribution in [0, 0.1) is 10.1 Å². The van der Waals surface area contributed by atoms with E-state index in [1.807, 2.05) is 6.07 Å². The molecule has 108 valence electrons. The van der Waals surface area contributed by atoms with Gasteiger partial charge in [0, 0.05) is 31.1 Å². The zero-order valence-electron chi connectivity index (χ0n) is 11.0. The molecule has 0 amide bonds. The lowest BCUT2D eigenvalue weighted by Crippen LogP contribution is -2.28. The Morgan fingerprint density at radius 1 is 1.33 bits per heavy atom. The average Bonchev–Trinajstić information content (AvgIpc) is 2.48. The van der Waals surface area contributed by atoms with Crippen molar-refractivity contribution in [3.05, 3.63) is 70.0 Å². The number of aromatic nitrogens is 1. The molecule has 2 rings (SSSR count). The van der Waals surface area contributed by atoms with E-state index >= 15 is 0 Å². The molecule has 1 heterocycles. The van der Waals surface area contributed by atoms with Crippen molar-refractivity contribution in [2.75, 3.05) is 0 Å². The average molecular weight is 287 g/mol. The van der Waals surface area contributed by atoms with Crippen LogP contribution in [-0.2, 0) is 11.3 Å². The van der Waals surface area contributed by atoms with Crippen LogP contribution in [0.5, 0.6) is 0 Å². The van der Waals surface area contributed by atoms with Gasteiger partial charge in [0.15, 0.2) is 0 Å². The van der Waals surface area contributed by atoms with Crippen LogP contribution in [-0.4, -0.2) is 21.0 Å². The van der Waals surface area contributed by atoms with Crippen molar-refractivity contribution < 1.29 is 14.8 Å². The standard InChI is InChI=1S/C14H13N3O4/c18-14(19)13(16-9-10-2-1-7-15-8-10)11-3-5-12(6-4-11)17(20)21/h1-8,13,16H,9H2,(H,18,19). The van der Waals surface area contributed by atoms with E-state index in [1.165, 1.54) is 24.3 Å². The van der Waals surface area contributed by atoms with Crippen LogP contribution in [0.1, 0.15) is 17.2 Å². The summed E-state index contributed by atoms with van der Waals surface area (Å²) in [7, 11) is 0.